The van der Waals surface area contributed by atoms with Gasteiger partial charge in [0, 0.05) is 12.2 Å². The van der Waals surface area contributed by atoms with Gasteiger partial charge in [0.05, 0.1) is 11.4 Å². The minimum Gasteiger partial charge on any atom is -0.480 e. The van der Waals surface area contributed by atoms with E-state index < -0.39 is 22.0 Å². The number of nitrogens with zero attached hydrogens (tertiary/aromatic N) is 1. The summed E-state index contributed by atoms with van der Waals surface area (Å²) >= 11 is 0. The van der Waals surface area contributed by atoms with Crippen LogP contribution in [0.4, 0.5) is 5.69 Å². The number of nitrogens with one attached hydrogen (secondary N) is 3. The minimum atomic E-state index is -4.02. The zero-order chi connectivity index (χ0) is 25.9. The standard InChI is InChI=1S/C27H30N4O4S/c1-17-13-18(2)25(19(3)14-17)36(34,35)31-24(26(32)33)15-20-7-9-21(10-8-20)22-5-4-6-23(16-22)30-27-28-11-12-29-27/h4-10,13-14,16,24,31H,11-12,15H2,1-3H3,(H,32,33)(H2,28,29,30). The molecule has 0 bridgehead atoms. The first-order chi connectivity index (χ1) is 17.1. The molecule has 0 saturated heterocycles. The van der Waals surface area contributed by atoms with Crippen LogP contribution < -0.4 is 15.4 Å². The van der Waals surface area contributed by atoms with Gasteiger partial charge in [0.2, 0.25) is 10.0 Å². The van der Waals surface area contributed by atoms with E-state index in [0.717, 1.165) is 41.4 Å². The normalized spacial score (nSPS) is 14.1. The maximum Gasteiger partial charge on any atom is 0.322 e. The third-order valence-electron chi connectivity index (χ3n) is 6.00. The molecule has 0 spiro atoms. The van der Waals surface area contributed by atoms with Gasteiger partial charge in [-0.15, -0.1) is 0 Å². The van der Waals surface area contributed by atoms with Gasteiger partial charge in [0.1, 0.15) is 6.04 Å². The van der Waals surface area contributed by atoms with Crippen LogP contribution in [0.25, 0.3) is 11.1 Å². The fourth-order valence-electron chi connectivity index (χ4n) is 4.48. The summed E-state index contributed by atoms with van der Waals surface area (Å²) in [6.07, 6.45) is 0.0197. The molecule has 36 heavy (non-hydrogen) atoms. The molecule has 9 heteroatoms. The van der Waals surface area contributed by atoms with Crippen LogP contribution in [-0.4, -0.2) is 44.6 Å². The van der Waals surface area contributed by atoms with Crippen LogP contribution >= 0.6 is 0 Å². The van der Waals surface area contributed by atoms with Crippen molar-refractivity contribution in [1.29, 1.82) is 0 Å². The molecule has 3 aromatic carbocycles. The SMILES string of the molecule is Cc1cc(C)c(S(=O)(=O)NC(Cc2ccc(-c3cccc(NC4=NCCN4)c3)cc2)C(=O)O)c(C)c1. The van der Waals surface area contributed by atoms with Gasteiger partial charge in [0.25, 0.3) is 0 Å². The van der Waals surface area contributed by atoms with Gasteiger partial charge in [-0.1, -0.05) is 54.1 Å². The highest BCUT2D eigenvalue weighted by Crippen LogP contribution is 2.25. The Morgan fingerprint density at radius 3 is 2.33 bits per heavy atom. The highest BCUT2D eigenvalue weighted by Gasteiger charge is 2.28. The number of hydrogen-bond acceptors (Lipinski definition) is 6. The lowest BCUT2D eigenvalue weighted by molar-refractivity contribution is -0.138. The molecule has 0 fully saturated rings. The van der Waals surface area contributed by atoms with Crippen LogP contribution in [0.5, 0.6) is 0 Å². The Hall–Kier alpha value is -3.69. The molecule has 0 amide bonds. The molecule has 1 aliphatic heterocycles. The van der Waals surface area contributed by atoms with E-state index in [2.05, 4.69) is 20.3 Å². The van der Waals surface area contributed by atoms with E-state index in [1.54, 1.807) is 26.0 Å². The molecule has 1 aliphatic rings. The molecule has 0 aromatic heterocycles. The summed E-state index contributed by atoms with van der Waals surface area (Å²) in [5.74, 6) is -0.479. The van der Waals surface area contributed by atoms with Gasteiger partial charge in [-0.3, -0.25) is 9.79 Å². The molecule has 3 aromatic rings. The third-order valence-corrected chi connectivity index (χ3v) is 7.77. The number of carboxylic acid groups (broad SMARTS) is 1. The maximum atomic E-state index is 13.1. The number of aliphatic imine (C=N–C) groups is 1. The lowest BCUT2D eigenvalue weighted by Crippen LogP contribution is -2.42. The van der Waals surface area contributed by atoms with Gasteiger partial charge in [-0.05, 0) is 67.1 Å². The van der Waals surface area contributed by atoms with Crippen LogP contribution in [-0.2, 0) is 21.2 Å². The highest BCUT2D eigenvalue weighted by atomic mass is 32.2. The van der Waals surface area contributed by atoms with Crippen LogP contribution in [0.1, 0.15) is 22.3 Å². The smallest absolute Gasteiger partial charge is 0.322 e. The molecule has 4 N–H and O–H groups in total. The van der Waals surface area contributed by atoms with Crippen LogP contribution in [0.2, 0.25) is 0 Å². The summed E-state index contributed by atoms with van der Waals surface area (Å²) in [7, 11) is -4.02. The van der Waals surface area contributed by atoms with Crippen molar-refractivity contribution in [2.24, 2.45) is 4.99 Å². The van der Waals surface area contributed by atoms with Crippen LogP contribution in [0.15, 0.2) is 70.6 Å². The molecule has 0 aliphatic carbocycles. The summed E-state index contributed by atoms with van der Waals surface area (Å²) in [4.78, 5) is 16.4. The number of aliphatic carboxylic acids is 1. The van der Waals surface area contributed by atoms with Crippen LogP contribution in [0, 0.1) is 20.8 Å². The molecule has 0 radical (unpaired) electrons. The topological polar surface area (TPSA) is 120 Å². The number of hydrogen-bond donors (Lipinski definition) is 4. The summed E-state index contributed by atoms with van der Waals surface area (Å²) in [5, 5.41) is 16.2. The number of guanidine groups is 1. The number of sulfonamides is 1. The van der Waals surface area contributed by atoms with E-state index in [0.29, 0.717) is 16.7 Å². The number of carboxylic acids is 1. The maximum absolute atomic E-state index is 13.1. The number of rotatable bonds is 8. The van der Waals surface area contributed by atoms with Gasteiger partial charge >= 0.3 is 5.97 Å². The molecule has 8 nitrogen and oxygen atoms in total. The zero-order valence-corrected chi connectivity index (χ0v) is 21.3. The Morgan fingerprint density at radius 2 is 1.72 bits per heavy atom. The average Bonchev–Trinajstić information content (AvgIpc) is 3.31. The Kier molecular flexibility index (Phi) is 7.42. The number of benzene rings is 3. The van der Waals surface area contributed by atoms with E-state index in [4.69, 9.17) is 0 Å². The van der Waals surface area contributed by atoms with E-state index >= 15 is 0 Å². The lowest BCUT2D eigenvalue weighted by Gasteiger charge is -2.18. The van der Waals surface area contributed by atoms with E-state index in [-0.39, 0.29) is 11.3 Å². The van der Waals surface area contributed by atoms with Crippen molar-refractivity contribution in [3.8, 4) is 11.1 Å². The van der Waals surface area contributed by atoms with Crippen molar-refractivity contribution in [3.05, 3.63) is 82.9 Å². The van der Waals surface area contributed by atoms with Crippen molar-refractivity contribution >= 4 is 27.6 Å². The van der Waals surface area contributed by atoms with Crippen molar-refractivity contribution < 1.29 is 18.3 Å². The molecular weight excluding hydrogens is 476 g/mol. The summed E-state index contributed by atoms with van der Waals surface area (Å²) in [6.45, 7) is 6.89. The second-order valence-electron chi connectivity index (χ2n) is 9.00. The van der Waals surface area contributed by atoms with Crippen molar-refractivity contribution in [2.75, 3.05) is 18.4 Å². The molecule has 188 valence electrons. The van der Waals surface area contributed by atoms with Gasteiger partial charge in [-0.25, -0.2) is 8.42 Å². The second kappa shape index (κ2) is 10.5. The molecule has 4 rings (SSSR count). The molecule has 1 unspecified atom stereocenters. The lowest BCUT2D eigenvalue weighted by atomic mass is 10.0. The zero-order valence-electron chi connectivity index (χ0n) is 20.5. The number of aryl methyl sites for hydroxylation is 3. The Balaban J connectivity index is 1.50. The summed E-state index contributed by atoms with van der Waals surface area (Å²) < 4.78 is 28.6. The first kappa shape index (κ1) is 25.4. The van der Waals surface area contributed by atoms with Crippen molar-refractivity contribution in [3.63, 3.8) is 0 Å². The van der Waals surface area contributed by atoms with Gasteiger partial charge < -0.3 is 15.7 Å². The predicted octanol–water partition coefficient (Wildman–Crippen LogP) is 3.62. The Morgan fingerprint density at radius 1 is 1.03 bits per heavy atom. The summed E-state index contributed by atoms with van der Waals surface area (Å²) in [6, 6.07) is 17.6. The summed E-state index contributed by atoms with van der Waals surface area (Å²) in [5.41, 5.74) is 5.69. The largest absolute Gasteiger partial charge is 0.480 e. The fourth-order valence-corrected chi connectivity index (χ4v) is 6.12. The van der Waals surface area contributed by atoms with Gasteiger partial charge in [-0.2, -0.15) is 4.72 Å². The quantitative estimate of drug-likeness (QED) is 0.370. The fraction of sp³-hybridized carbons (Fsp3) is 0.259. The Labute approximate surface area is 211 Å². The van der Waals surface area contributed by atoms with E-state index in [1.807, 2.05) is 55.5 Å². The van der Waals surface area contributed by atoms with Crippen LogP contribution in [0.3, 0.4) is 0 Å². The number of anilines is 1. The first-order valence-electron chi connectivity index (χ1n) is 11.7. The van der Waals surface area contributed by atoms with Gasteiger partial charge in [0.15, 0.2) is 5.96 Å². The average molecular weight is 507 g/mol. The minimum absolute atomic E-state index is 0.0197. The Bertz CT molecular complexity index is 1390. The molecule has 0 saturated carbocycles. The monoisotopic (exact) mass is 506 g/mol. The third kappa shape index (κ3) is 5.92. The second-order valence-corrected chi connectivity index (χ2v) is 10.7. The molecular formula is C27H30N4O4S. The predicted molar refractivity (Wildman–Crippen MR) is 142 cm³/mol. The van der Waals surface area contributed by atoms with E-state index in [1.165, 1.54) is 0 Å². The molecule has 1 atom stereocenters. The first-order valence-corrected chi connectivity index (χ1v) is 13.2. The van der Waals surface area contributed by atoms with E-state index in [9.17, 15) is 18.3 Å². The highest BCUT2D eigenvalue weighted by molar-refractivity contribution is 7.89. The molecule has 1 heterocycles. The van der Waals surface area contributed by atoms with Crippen molar-refractivity contribution in [1.82, 2.24) is 10.0 Å². The number of carbonyl (C=O) groups is 1. The van der Waals surface area contributed by atoms with Crippen molar-refractivity contribution in [2.45, 2.75) is 38.1 Å².